The maximum Gasteiger partial charge on any atom is 0.271 e. The fraction of sp³-hybridized carbons (Fsp3) is 0.158. The Kier molecular flexibility index (Phi) is 8.01. The highest BCUT2D eigenvalue weighted by molar-refractivity contribution is 6.68. The van der Waals surface area contributed by atoms with Crippen molar-refractivity contribution in [1.29, 1.82) is 0 Å². The van der Waals surface area contributed by atoms with Gasteiger partial charge in [-0.2, -0.15) is 0 Å². The SMILES string of the molecule is CC(=NC(NC(=O)C=Cc1ccccc1)C(Cl)(Cl)Cl)Nc1cccc([N+](=O)[O-])c1. The number of halogens is 3. The van der Waals surface area contributed by atoms with Crippen molar-refractivity contribution in [3.05, 3.63) is 76.4 Å². The third-order valence-electron chi connectivity index (χ3n) is 3.52. The summed E-state index contributed by atoms with van der Waals surface area (Å²) in [7, 11) is 0. The van der Waals surface area contributed by atoms with E-state index in [9.17, 15) is 14.9 Å². The van der Waals surface area contributed by atoms with Crippen LogP contribution in [0.1, 0.15) is 12.5 Å². The average molecular weight is 456 g/mol. The van der Waals surface area contributed by atoms with Gasteiger partial charge in [-0.1, -0.05) is 71.2 Å². The lowest BCUT2D eigenvalue weighted by molar-refractivity contribution is -0.384. The van der Waals surface area contributed by atoms with Gasteiger partial charge in [-0.15, -0.1) is 0 Å². The predicted octanol–water partition coefficient (Wildman–Crippen LogP) is 4.95. The molecule has 2 aromatic carbocycles. The molecule has 7 nitrogen and oxygen atoms in total. The van der Waals surface area contributed by atoms with Gasteiger partial charge in [0.05, 0.1) is 4.92 Å². The third kappa shape index (κ3) is 7.73. The topological polar surface area (TPSA) is 96.6 Å². The van der Waals surface area contributed by atoms with Crippen LogP contribution < -0.4 is 10.6 Å². The van der Waals surface area contributed by atoms with Gasteiger partial charge in [-0.3, -0.25) is 14.9 Å². The van der Waals surface area contributed by atoms with Gasteiger partial charge < -0.3 is 10.6 Å². The Hall–Kier alpha value is -2.61. The van der Waals surface area contributed by atoms with Gasteiger partial charge in [-0.05, 0) is 24.6 Å². The first-order valence-corrected chi connectivity index (χ1v) is 9.45. The highest BCUT2D eigenvalue weighted by atomic mass is 35.6. The number of benzene rings is 2. The molecule has 1 unspecified atom stereocenters. The summed E-state index contributed by atoms with van der Waals surface area (Å²) in [5.41, 5.74) is 1.18. The maximum atomic E-state index is 12.2. The molecule has 29 heavy (non-hydrogen) atoms. The van der Waals surface area contributed by atoms with Crippen molar-refractivity contribution in [2.24, 2.45) is 4.99 Å². The summed E-state index contributed by atoms with van der Waals surface area (Å²) in [4.78, 5) is 26.7. The molecule has 0 saturated carbocycles. The van der Waals surface area contributed by atoms with Crippen molar-refractivity contribution in [3.8, 4) is 0 Å². The largest absolute Gasteiger partial charge is 0.344 e. The lowest BCUT2D eigenvalue weighted by Crippen LogP contribution is -2.42. The highest BCUT2D eigenvalue weighted by Gasteiger charge is 2.33. The number of alkyl halides is 3. The zero-order chi connectivity index (χ0) is 21.4. The molecule has 2 aromatic rings. The predicted molar refractivity (Wildman–Crippen MR) is 118 cm³/mol. The number of hydrogen-bond donors (Lipinski definition) is 2. The number of amidine groups is 1. The van der Waals surface area contributed by atoms with Gasteiger partial charge in [0.1, 0.15) is 5.84 Å². The lowest BCUT2D eigenvalue weighted by atomic mass is 10.2. The molecule has 152 valence electrons. The summed E-state index contributed by atoms with van der Waals surface area (Å²) in [6.07, 6.45) is 1.73. The van der Waals surface area contributed by atoms with Crippen LogP contribution in [0.4, 0.5) is 11.4 Å². The van der Waals surface area contributed by atoms with Crippen LogP contribution in [0.2, 0.25) is 0 Å². The molecule has 1 atom stereocenters. The van der Waals surface area contributed by atoms with Crippen LogP contribution in [-0.4, -0.2) is 26.6 Å². The summed E-state index contributed by atoms with van der Waals surface area (Å²) in [6.45, 7) is 1.58. The number of amides is 1. The van der Waals surface area contributed by atoms with Crippen LogP contribution in [-0.2, 0) is 4.79 Å². The molecule has 0 aliphatic heterocycles. The van der Waals surface area contributed by atoms with E-state index in [0.717, 1.165) is 5.56 Å². The van der Waals surface area contributed by atoms with Crippen LogP contribution in [0.3, 0.4) is 0 Å². The number of anilines is 1. The Balaban J connectivity index is 2.11. The van der Waals surface area contributed by atoms with E-state index < -0.39 is 20.8 Å². The molecule has 0 saturated heterocycles. The molecular weight excluding hydrogens is 439 g/mol. The first kappa shape index (κ1) is 22.7. The second-order valence-electron chi connectivity index (χ2n) is 5.84. The number of hydrogen-bond acceptors (Lipinski definition) is 4. The van der Waals surface area contributed by atoms with Crippen molar-refractivity contribution in [3.63, 3.8) is 0 Å². The van der Waals surface area contributed by atoms with E-state index in [1.807, 2.05) is 30.3 Å². The van der Waals surface area contributed by atoms with Gasteiger partial charge in [-0.25, -0.2) is 4.99 Å². The van der Waals surface area contributed by atoms with E-state index in [-0.39, 0.29) is 11.5 Å². The molecule has 2 rings (SSSR count). The van der Waals surface area contributed by atoms with E-state index >= 15 is 0 Å². The zero-order valence-corrected chi connectivity index (χ0v) is 17.4. The molecule has 10 heteroatoms. The van der Waals surface area contributed by atoms with Crippen molar-refractivity contribution in [2.75, 3.05) is 5.32 Å². The number of aliphatic imine (C=N–C) groups is 1. The van der Waals surface area contributed by atoms with Gasteiger partial charge in [0.25, 0.3) is 5.69 Å². The number of carbonyl (C=O) groups is 1. The summed E-state index contributed by atoms with van der Waals surface area (Å²) >= 11 is 17.8. The minimum atomic E-state index is -1.91. The van der Waals surface area contributed by atoms with E-state index in [2.05, 4.69) is 15.6 Å². The lowest BCUT2D eigenvalue weighted by Gasteiger charge is -2.22. The Morgan fingerprint density at radius 2 is 1.86 bits per heavy atom. The Morgan fingerprint density at radius 1 is 1.17 bits per heavy atom. The summed E-state index contributed by atoms with van der Waals surface area (Å²) in [5, 5.41) is 16.3. The number of rotatable bonds is 6. The second kappa shape index (κ2) is 10.2. The van der Waals surface area contributed by atoms with Crippen molar-refractivity contribution >= 4 is 64.0 Å². The summed E-state index contributed by atoms with van der Waals surface area (Å²) in [5.74, 6) is -0.216. The number of nitro groups is 1. The van der Waals surface area contributed by atoms with Crippen molar-refractivity contribution in [2.45, 2.75) is 16.9 Å². The summed E-state index contributed by atoms with van der Waals surface area (Å²) in [6, 6.07) is 15.1. The zero-order valence-electron chi connectivity index (χ0n) is 15.2. The molecule has 0 heterocycles. The molecule has 0 fully saturated rings. The number of nitrogens with one attached hydrogen (secondary N) is 2. The molecule has 0 bridgehead atoms. The number of nitro benzene ring substituents is 1. The first-order valence-electron chi connectivity index (χ1n) is 8.31. The van der Waals surface area contributed by atoms with E-state index in [1.165, 1.54) is 24.3 Å². The molecule has 0 radical (unpaired) electrons. The highest BCUT2D eigenvalue weighted by Crippen LogP contribution is 2.31. The number of nitrogens with zero attached hydrogens (tertiary/aromatic N) is 2. The minimum absolute atomic E-state index is 0.0833. The normalized spacial score (nSPS) is 13.2. The van der Waals surface area contributed by atoms with E-state index in [0.29, 0.717) is 5.69 Å². The number of non-ortho nitro benzene ring substituents is 1. The molecule has 0 aromatic heterocycles. The van der Waals surface area contributed by atoms with Crippen molar-refractivity contribution in [1.82, 2.24) is 5.32 Å². The fourth-order valence-electron chi connectivity index (χ4n) is 2.24. The molecule has 2 N–H and O–H groups in total. The molecular formula is C19H17Cl3N4O3. The summed E-state index contributed by atoms with van der Waals surface area (Å²) < 4.78 is -1.91. The quantitative estimate of drug-likeness (QED) is 0.161. The Morgan fingerprint density at radius 3 is 2.48 bits per heavy atom. The van der Waals surface area contributed by atoms with Crippen molar-refractivity contribution < 1.29 is 9.72 Å². The minimum Gasteiger partial charge on any atom is -0.344 e. The van der Waals surface area contributed by atoms with Crippen LogP contribution in [0, 0.1) is 10.1 Å². The molecule has 0 aliphatic carbocycles. The van der Waals surface area contributed by atoms with E-state index in [4.69, 9.17) is 34.8 Å². The van der Waals surface area contributed by atoms with Gasteiger partial charge in [0.2, 0.25) is 9.70 Å². The maximum absolute atomic E-state index is 12.2. The molecule has 1 amide bonds. The van der Waals surface area contributed by atoms with Crippen LogP contribution in [0.5, 0.6) is 0 Å². The smallest absolute Gasteiger partial charge is 0.271 e. The van der Waals surface area contributed by atoms with Crippen LogP contribution >= 0.6 is 34.8 Å². The third-order valence-corrected chi connectivity index (χ3v) is 4.14. The Bertz CT molecular complexity index is 928. The van der Waals surface area contributed by atoms with Crippen LogP contribution in [0.15, 0.2) is 65.7 Å². The Labute approximate surface area is 182 Å². The standard InChI is InChI=1S/C19H17Cl3N4O3/c1-13(23-15-8-5-9-16(12-15)26(28)29)24-18(19(20,21)22)25-17(27)11-10-14-6-3-2-4-7-14/h2-12,18H,1H3,(H,23,24)(H,25,27). The monoisotopic (exact) mass is 454 g/mol. The van der Waals surface area contributed by atoms with Gasteiger partial charge in [0.15, 0.2) is 6.17 Å². The first-order chi connectivity index (χ1) is 13.6. The fourth-order valence-corrected chi connectivity index (χ4v) is 2.55. The number of carbonyl (C=O) groups excluding carboxylic acids is 1. The van der Waals surface area contributed by atoms with Crippen LogP contribution in [0.25, 0.3) is 6.08 Å². The van der Waals surface area contributed by atoms with Gasteiger partial charge in [0, 0.05) is 23.9 Å². The average Bonchev–Trinajstić information content (AvgIpc) is 2.66. The second-order valence-corrected chi connectivity index (χ2v) is 8.21. The van der Waals surface area contributed by atoms with E-state index in [1.54, 1.807) is 19.1 Å². The molecule has 0 spiro atoms. The molecule has 0 aliphatic rings. The van der Waals surface area contributed by atoms with Gasteiger partial charge >= 0.3 is 0 Å².